The Labute approximate surface area is 221 Å². The first-order valence-corrected chi connectivity index (χ1v) is 8.81. The van der Waals surface area contributed by atoms with Crippen molar-refractivity contribution in [1.29, 1.82) is 0 Å². The van der Waals surface area contributed by atoms with Crippen LogP contribution < -0.4 is 0 Å². The van der Waals surface area contributed by atoms with Crippen LogP contribution in [0.25, 0.3) is 43.9 Å². The van der Waals surface area contributed by atoms with Crippen molar-refractivity contribution in [2.75, 3.05) is 0 Å². The van der Waals surface area contributed by atoms with Gasteiger partial charge in [-0.25, -0.2) is 0 Å². The van der Waals surface area contributed by atoms with Crippen molar-refractivity contribution in [3.8, 4) is 28.0 Å². The number of nitrogens with zero attached hydrogens (tertiary/aromatic N) is 2. The van der Waals surface area contributed by atoms with Crippen LogP contribution in [-0.4, -0.2) is 84.0 Å². The van der Waals surface area contributed by atoms with E-state index in [9.17, 15) is 5.11 Å². The average molecular weight is 481 g/mol. The van der Waals surface area contributed by atoms with Gasteiger partial charge in [-0.15, -0.1) is 0 Å². The molecule has 1 radical (unpaired) electrons. The van der Waals surface area contributed by atoms with E-state index in [-0.39, 0.29) is 74.6 Å². The third-order valence-electron chi connectivity index (χ3n) is 4.90. The smallest absolute Gasteiger partial charge is 0.125 e. The summed E-state index contributed by atoms with van der Waals surface area (Å²) in [5.41, 5.74) is 5.17. The van der Waals surface area contributed by atoms with Crippen molar-refractivity contribution in [2.45, 2.75) is 0 Å². The number of aromatic hydroxyl groups is 1. The van der Waals surface area contributed by atoms with Gasteiger partial charge in [0.15, 0.2) is 0 Å². The van der Waals surface area contributed by atoms with E-state index in [1.165, 1.54) is 0 Å². The summed E-state index contributed by atoms with van der Waals surface area (Å²) in [5, 5.41) is 13.3. The van der Waals surface area contributed by atoms with E-state index in [1.54, 1.807) is 18.5 Å². The van der Waals surface area contributed by atoms with Gasteiger partial charge in [0.05, 0.1) is 10.9 Å². The maximum absolute atomic E-state index is 10.5. The number of aromatic nitrogens is 2. The quantitative estimate of drug-likeness (QED) is 0.342. The van der Waals surface area contributed by atoms with Crippen LogP contribution in [0.3, 0.4) is 0 Å². The summed E-state index contributed by atoms with van der Waals surface area (Å²) in [6.07, 6.45) is 5.40. The molecular weight excluding hydrogens is 465 g/mol. The zero-order chi connectivity index (χ0) is 18.2. The Hall–Kier alpha value is -1.67. The predicted molar refractivity (Wildman–Crippen MR) is 115 cm³/mol. The van der Waals surface area contributed by atoms with Gasteiger partial charge < -0.3 is 5.11 Å². The monoisotopic (exact) mass is 481 g/mol. The molecule has 5 aromatic rings. The van der Waals surface area contributed by atoms with Gasteiger partial charge in [0, 0.05) is 98.4 Å². The van der Waals surface area contributed by atoms with E-state index in [0.717, 1.165) is 43.9 Å². The minimum atomic E-state index is 0. The van der Waals surface area contributed by atoms with Gasteiger partial charge in [0.1, 0.15) is 5.75 Å². The van der Waals surface area contributed by atoms with Crippen LogP contribution in [0.2, 0.25) is 0 Å². The summed E-state index contributed by atoms with van der Waals surface area (Å²) in [5.74, 6) is 0.251. The summed E-state index contributed by atoms with van der Waals surface area (Å²) in [6.45, 7) is 0. The Kier molecular flexibility index (Phi) is 5.87. The largest absolute Gasteiger partial charge is 0.507 e. The summed E-state index contributed by atoms with van der Waals surface area (Å²) in [7, 11) is 0. The van der Waals surface area contributed by atoms with Gasteiger partial charge in [0.25, 0.3) is 0 Å². The van der Waals surface area contributed by atoms with E-state index < -0.39 is 0 Å². The molecule has 5 rings (SSSR count). The number of phenols is 1. The minimum absolute atomic E-state index is 0. The average Bonchev–Trinajstić information content (AvgIpc) is 2.74. The summed E-state index contributed by atoms with van der Waals surface area (Å²) in [4.78, 5) is 8.72. The Morgan fingerprint density at radius 3 is 2.39 bits per heavy atom. The van der Waals surface area contributed by atoms with E-state index >= 15 is 0 Å². The van der Waals surface area contributed by atoms with Crippen molar-refractivity contribution in [3.63, 3.8) is 0 Å². The van der Waals surface area contributed by atoms with Crippen molar-refractivity contribution >= 4 is 90.6 Å². The molecule has 0 fully saturated rings. The van der Waals surface area contributed by atoms with Gasteiger partial charge in [-0.1, -0.05) is 48.5 Å². The van der Waals surface area contributed by atoms with Crippen LogP contribution in [0.5, 0.6) is 5.75 Å². The fraction of sp³-hybridized carbons (Fsp3) is 0. The van der Waals surface area contributed by atoms with Crippen molar-refractivity contribution in [3.05, 3.63) is 91.4 Å². The fourth-order valence-electron chi connectivity index (χ4n) is 3.62. The molecule has 0 spiro atoms. The second-order valence-electron chi connectivity index (χ2n) is 6.52. The topological polar surface area (TPSA) is 46.0 Å². The third-order valence-corrected chi connectivity index (χ3v) is 4.90. The van der Waals surface area contributed by atoms with Crippen molar-refractivity contribution in [2.24, 2.45) is 0 Å². The normalized spacial score (nSPS) is 10.7. The van der Waals surface area contributed by atoms with E-state index in [4.69, 9.17) is 0 Å². The first kappa shape index (κ1) is 19.6. The Bertz CT molecular complexity index is 1290. The molecule has 0 bridgehead atoms. The second kappa shape index (κ2) is 8.37. The third kappa shape index (κ3) is 3.52. The number of hydrogen-bond donors (Lipinski definition) is 1. The Morgan fingerprint density at radius 1 is 0.714 bits per heavy atom. The number of phenolic OH excluding ortho intramolecular Hbond substituents is 1. The maximum Gasteiger partial charge on any atom is 0.125 e. The first-order chi connectivity index (χ1) is 13.3. The molecule has 0 aliphatic heterocycles. The molecule has 28 heavy (non-hydrogen) atoms. The molecule has 0 unspecified atom stereocenters. The molecule has 0 amide bonds. The Balaban J connectivity index is 0.00000192. The molecule has 129 valence electrons. The van der Waals surface area contributed by atoms with Crippen molar-refractivity contribution in [1.82, 2.24) is 9.97 Å². The Morgan fingerprint density at radius 2 is 1.54 bits per heavy atom. The summed E-state index contributed by atoms with van der Waals surface area (Å²) in [6, 6.07) is 24.1. The van der Waals surface area contributed by atoms with Gasteiger partial charge >= 0.3 is 0 Å². The van der Waals surface area contributed by atoms with E-state index in [2.05, 4.69) is 52.4 Å². The fourth-order valence-corrected chi connectivity index (χ4v) is 3.62. The number of benzene rings is 3. The molecule has 2 aromatic heterocycles. The minimum Gasteiger partial charge on any atom is -0.507 e. The number of pyridine rings is 2. The molecule has 0 saturated heterocycles. The van der Waals surface area contributed by atoms with Crippen LogP contribution >= 0.6 is 0 Å². The number of fused-ring (bicyclic) bond motifs is 3. The predicted octanol–water partition coefficient (Wildman–Crippen LogP) is 5.44. The SMILES string of the molecule is Oc1ccc(-c2cccc(-c3cccnc3)c2)c2ccc3cccnc3c12.[Cs]. The van der Waals surface area contributed by atoms with Crippen LogP contribution in [0.4, 0.5) is 0 Å². The van der Waals surface area contributed by atoms with Gasteiger partial charge in [-0.3, -0.25) is 9.97 Å². The molecule has 0 atom stereocenters. The molecule has 0 saturated carbocycles. The van der Waals surface area contributed by atoms with Gasteiger partial charge in [-0.2, -0.15) is 0 Å². The zero-order valence-electron chi connectivity index (χ0n) is 15.5. The molecule has 0 aliphatic carbocycles. The molecule has 4 heteroatoms. The molecular formula is C24H16CsN2O. The molecule has 0 aliphatic rings. The molecule has 3 aromatic carbocycles. The number of hydrogen-bond acceptors (Lipinski definition) is 3. The van der Waals surface area contributed by atoms with E-state index in [0.29, 0.717) is 0 Å². The van der Waals surface area contributed by atoms with Crippen LogP contribution in [0.15, 0.2) is 91.4 Å². The summed E-state index contributed by atoms with van der Waals surface area (Å²) >= 11 is 0. The summed E-state index contributed by atoms with van der Waals surface area (Å²) < 4.78 is 0. The number of rotatable bonds is 2. The standard InChI is InChI=1S/C24H16N2O.Cs/c27-22-11-10-20(21-9-8-16-6-3-13-26-24(16)23(21)22)18-5-1-4-17(14-18)19-7-2-12-25-15-19;/h1-15,27H;. The van der Waals surface area contributed by atoms with Crippen LogP contribution in [0, 0.1) is 0 Å². The van der Waals surface area contributed by atoms with Crippen LogP contribution in [0.1, 0.15) is 0 Å². The molecule has 1 N–H and O–H groups in total. The first-order valence-electron chi connectivity index (χ1n) is 8.81. The van der Waals surface area contributed by atoms with Gasteiger partial charge in [-0.05, 0) is 46.3 Å². The maximum atomic E-state index is 10.5. The van der Waals surface area contributed by atoms with Crippen molar-refractivity contribution < 1.29 is 5.11 Å². The molecule has 3 nitrogen and oxygen atoms in total. The van der Waals surface area contributed by atoms with E-state index in [1.807, 2.05) is 30.5 Å². The second-order valence-corrected chi connectivity index (χ2v) is 6.52. The van der Waals surface area contributed by atoms with Gasteiger partial charge in [0.2, 0.25) is 0 Å². The zero-order valence-corrected chi connectivity index (χ0v) is 21.8. The molecule has 2 heterocycles. The van der Waals surface area contributed by atoms with Crippen LogP contribution in [-0.2, 0) is 0 Å².